The van der Waals surface area contributed by atoms with Crippen LogP contribution in [0.15, 0.2) is 39.9 Å². The first-order valence-corrected chi connectivity index (χ1v) is 8.47. The molecule has 7 nitrogen and oxygen atoms in total. The predicted molar refractivity (Wildman–Crippen MR) is 101 cm³/mol. The second-order valence-corrected chi connectivity index (χ2v) is 6.54. The molecule has 0 saturated carbocycles. The highest BCUT2D eigenvalue weighted by Crippen LogP contribution is 2.32. The molecule has 0 spiro atoms. The number of aromatic hydroxyl groups is 1. The van der Waals surface area contributed by atoms with E-state index in [9.17, 15) is 19.5 Å². The zero-order valence-electron chi connectivity index (χ0n) is 14.7. The molecule has 0 saturated heterocycles. The highest BCUT2D eigenvalue weighted by atomic mass is 16.3. The number of para-hydroxylation sites is 1. The highest BCUT2D eigenvalue weighted by molar-refractivity contribution is 5.99. The van der Waals surface area contributed by atoms with Crippen molar-refractivity contribution in [2.45, 2.75) is 25.3 Å². The molecule has 7 heteroatoms. The molecule has 2 aromatic carbocycles. The van der Waals surface area contributed by atoms with Gasteiger partial charge in [-0.15, -0.1) is 0 Å². The number of benzene rings is 1. The van der Waals surface area contributed by atoms with Gasteiger partial charge < -0.3 is 20.6 Å². The lowest BCUT2D eigenvalue weighted by atomic mass is 10.0. The van der Waals surface area contributed by atoms with Crippen molar-refractivity contribution in [3.05, 3.63) is 56.4 Å². The Morgan fingerprint density at radius 3 is 2.58 bits per heavy atom. The molecule has 0 aromatic heterocycles. The summed E-state index contributed by atoms with van der Waals surface area (Å²) in [5, 5.41) is 16.3. The first-order chi connectivity index (χ1) is 12.4. The first kappa shape index (κ1) is 17.7. The number of carbonyl (C=O) groups is 1. The number of phenols is 1. The van der Waals surface area contributed by atoms with E-state index in [1.54, 1.807) is 26.2 Å². The molecule has 1 atom stereocenters. The number of rotatable bonds is 5. The van der Waals surface area contributed by atoms with Gasteiger partial charge in [-0.05, 0) is 31.4 Å². The summed E-state index contributed by atoms with van der Waals surface area (Å²) in [5.41, 5.74) is -0.577. The normalized spacial score (nSPS) is 16.5. The Morgan fingerprint density at radius 2 is 1.92 bits per heavy atom. The number of carbonyl (C=O) groups excluding carboxylic acids is 1. The van der Waals surface area contributed by atoms with Gasteiger partial charge in [-0.2, -0.15) is 0 Å². The molecular weight excluding hydrogens is 334 g/mol. The summed E-state index contributed by atoms with van der Waals surface area (Å²) in [6.07, 6.45) is 6.93. The molecule has 1 aliphatic carbocycles. The van der Waals surface area contributed by atoms with E-state index in [0.717, 1.165) is 19.3 Å². The summed E-state index contributed by atoms with van der Waals surface area (Å²) in [6.45, 7) is 0. The quantitative estimate of drug-likeness (QED) is 0.431. The van der Waals surface area contributed by atoms with Crippen LogP contribution in [0.4, 0.5) is 17.1 Å². The van der Waals surface area contributed by atoms with E-state index in [0.29, 0.717) is 0 Å². The van der Waals surface area contributed by atoms with Crippen LogP contribution >= 0.6 is 0 Å². The van der Waals surface area contributed by atoms with E-state index in [-0.39, 0.29) is 40.3 Å². The van der Waals surface area contributed by atoms with Gasteiger partial charge in [0.2, 0.25) is 0 Å². The minimum Gasteiger partial charge on any atom is -0.505 e. The Hall–Kier alpha value is -3.09. The Labute approximate surface area is 150 Å². The number of allylic oxidation sites excluding steroid dienone is 1. The van der Waals surface area contributed by atoms with Crippen molar-refractivity contribution in [2.24, 2.45) is 0 Å². The van der Waals surface area contributed by atoms with Crippen molar-refractivity contribution >= 4 is 23.0 Å². The van der Waals surface area contributed by atoms with Gasteiger partial charge in [0.25, 0.3) is 16.8 Å². The van der Waals surface area contributed by atoms with Gasteiger partial charge in [-0.3, -0.25) is 14.4 Å². The molecule has 0 bridgehead atoms. The molecule has 3 N–H and O–H groups in total. The van der Waals surface area contributed by atoms with Gasteiger partial charge in [-0.25, -0.2) is 0 Å². The van der Waals surface area contributed by atoms with E-state index in [4.69, 9.17) is 0 Å². The lowest BCUT2D eigenvalue weighted by Crippen LogP contribution is -2.39. The minimum absolute atomic E-state index is 0.00264. The number of hydrogen-bond donors (Lipinski definition) is 3. The zero-order valence-corrected chi connectivity index (χ0v) is 14.7. The molecule has 0 unspecified atom stereocenters. The molecule has 0 heterocycles. The fourth-order valence-corrected chi connectivity index (χ4v) is 2.96. The van der Waals surface area contributed by atoms with Crippen LogP contribution in [0.2, 0.25) is 0 Å². The summed E-state index contributed by atoms with van der Waals surface area (Å²) >= 11 is 0. The van der Waals surface area contributed by atoms with Crippen molar-refractivity contribution in [1.82, 2.24) is 4.90 Å². The van der Waals surface area contributed by atoms with Crippen LogP contribution in [0, 0.1) is 0 Å². The number of amides is 1. The van der Waals surface area contributed by atoms with Crippen molar-refractivity contribution in [1.29, 1.82) is 0 Å². The summed E-state index contributed by atoms with van der Waals surface area (Å²) < 4.78 is 0. The lowest BCUT2D eigenvalue weighted by Gasteiger charge is -2.22. The van der Waals surface area contributed by atoms with E-state index >= 15 is 0 Å². The molecule has 3 rings (SSSR count). The van der Waals surface area contributed by atoms with Crippen LogP contribution in [0.1, 0.15) is 29.6 Å². The molecule has 2 aromatic rings. The maximum atomic E-state index is 12.1. The van der Waals surface area contributed by atoms with Gasteiger partial charge in [0.15, 0.2) is 5.75 Å². The van der Waals surface area contributed by atoms with Crippen LogP contribution in [-0.4, -0.2) is 36.1 Å². The average molecular weight is 355 g/mol. The third-order valence-corrected chi connectivity index (χ3v) is 4.43. The minimum atomic E-state index is -0.643. The third kappa shape index (κ3) is 3.20. The summed E-state index contributed by atoms with van der Waals surface area (Å²) in [5.74, 6) is -0.621. The average Bonchev–Trinajstić information content (AvgIpc) is 2.65. The van der Waals surface area contributed by atoms with E-state index < -0.39 is 10.9 Å². The standard InChI is InChI=1S/C19H21N3O4/c1-22(2)19(26)12-9-6-10-13(16(12)23)21-15-14(17(24)18(15)25)20-11-7-4-3-5-8-11/h4,6-7,9-11,20-21,23H,3,5,8H2,1-2H3/t11-/m0/s1. The maximum absolute atomic E-state index is 12.1. The number of anilines is 3. The van der Waals surface area contributed by atoms with Crippen LogP contribution in [0.25, 0.3) is 0 Å². The van der Waals surface area contributed by atoms with Gasteiger partial charge >= 0.3 is 0 Å². The van der Waals surface area contributed by atoms with Crippen molar-refractivity contribution in [3.8, 4) is 5.75 Å². The largest absolute Gasteiger partial charge is 0.505 e. The van der Waals surface area contributed by atoms with Gasteiger partial charge in [0.05, 0.1) is 11.3 Å². The smallest absolute Gasteiger partial charge is 0.257 e. The van der Waals surface area contributed by atoms with Gasteiger partial charge in [0.1, 0.15) is 11.4 Å². The van der Waals surface area contributed by atoms with Gasteiger partial charge in [-0.1, -0.05) is 18.2 Å². The molecule has 0 fully saturated rings. The molecule has 1 amide bonds. The van der Waals surface area contributed by atoms with Crippen LogP contribution in [0.3, 0.4) is 0 Å². The van der Waals surface area contributed by atoms with Crippen LogP contribution in [0.5, 0.6) is 5.75 Å². The molecule has 26 heavy (non-hydrogen) atoms. The fraction of sp³-hybridized carbons (Fsp3) is 0.316. The Bertz CT molecular complexity index is 939. The first-order valence-electron chi connectivity index (χ1n) is 8.47. The van der Waals surface area contributed by atoms with Crippen LogP contribution in [-0.2, 0) is 0 Å². The number of nitrogens with zero attached hydrogens (tertiary/aromatic N) is 1. The maximum Gasteiger partial charge on any atom is 0.257 e. The zero-order chi connectivity index (χ0) is 18.8. The molecule has 1 aliphatic rings. The van der Waals surface area contributed by atoms with E-state index in [2.05, 4.69) is 10.6 Å². The van der Waals surface area contributed by atoms with Crippen molar-refractivity contribution in [3.63, 3.8) is 0 Å². The molecule has 0 aliphatic heterocycles. The fourth-order valence-electron chi connectivity index (χ4n) is 2.96. The Kier molecular flexibility index (Phi) is 4.79. The van der Waals surface area contributed by atoms with Crippen molar-refractivity contribution < 1.29 is 9.90 Å². The highest BCUT2D eigenvalue weighted by Gasteiger charge is 2.25. The second kappa shape index (κ2) is 7.03. The van der Waals surface area contributed by atoms with Crippen molar-refractivity contribution in [2.75, 3.05) is 24.7 Å². The van der Waals surface area contributed by atoms with Crippen LogP contribution < -0.4 is 21.5 Å². The topological polar surface area (TPSA) is 98.7 Å². The Morgan fingerprint density at radius 1 is 1.19 bits per heavy atom. The number of phenolic OH excluding ortho intramolecular Hbond substituents is 1. The van der Waals surface area contributed by atoms with Gasteiger partial charge in [0, 0.05) is 20.1 Å². The summed E-state index contributed by atoms with van der Waals surface area (Å²) in [7, 11) is 3.16. The number of hydrogen-bond acceptors (Lipinski definition) is 6. The van der Waals surface area contributed by atoms with E-state index in [1.165, 1.54) is 11.0 Å². The Balaban J connectivity index is 1.87. The summed E-state index contributed by atoms with van der Waals surface area (Å²) in [4.78, 5) is 37.4. The molecular formula is C19H21N3O4. The second-order valence-electron chi connectivity index (χ2n) is 6.54. The number of nitrogens with one attached hydrogen (secondary N) is 2. The van der Waals surface area contributed by atoms with E-state index in [1.807, 2.05) is 12.2 Å². The predicted octanol–water partition coefficient (Wildman–Crippen LogP) is 1.95. The SMILES string of the molecule is CN(C)C(=O)c1cccc(Nc2c(N[C@H]3C=CCCC3)c(=O)c2=O)c1O. The molecule has 136 valence electrons. The molecule has 0 radical (unpaired) electrons. The monoisotopic (exact) mass is 355 g/mol. The lowest BCUT2D eigenvalue weighted by molar-refractivity contribution is 0.0824. The third-order valence-electron chi connectivity index (χ3n) is 4.43. The summed E-state index contributed by atoms with van der Waals surface area (Å²) in [6, 6.07) is 4.64.